The lowest BCUT2D eigenvalue weighted by molar-refractivity contribution is -0.390. The average molecular weight is 298 g/mol. The van der Waals surface area contributed by atoms with Gasteiger partial charge in [-0.05, 0) is 16.8 Å². The number of pyridine rings is 1. The molecule has 1 heterocycles. The Morgan fingerprint density at radius 3 is 2.55 bits per heavy atom. The van der Waals surface area contributed by atoms with Crippen molar-refractivity contribution in [3.05, 3.63) is 27.7 Å². The van der Waals surface area contributed by atoms with E-state index in [0.717, 1.165) is 0 Å². The summed E-state index contributed by atoms with van der Waals surface area (Å²) >= 11 is 0. The Morgan fingerprint density at radius 1 is 1.50 bits per heavy atom. The number of rotatable bonds is 4. The largest absolute Gasteiger partial charge is 0.573 e. The van der Waals surface area contributed by atoms with Crippen LogP contribution in [0.15, 0.2) is 6.07 Å². The Labute approximate surface area is 108 Å². The van der Waals surface area contributed by atoms with Crippen LogP contribution in [0.3, 0.4) is 0 Å². The summed E-state index contributed by atoms with van der Waals surface area (Å²) in [5.74, 6) is -5.91. The van der Waals surface area contributed by atoms with Gasteiger partial charge in [0.25, 0.3) is 0 Å². The normalized spacial score (nSPS) is 11.1. The van der Waals surface area contributed by atoms with Crippen molar-refractivity contribution < 1.29 is 36.8 Å². The van der Waals surface area contributed by atoms with E-state index >= 15 is 0 Å². The molecule has 1 aromatic rings. The molecule has 0 aliphatic heterocycles. The highest BCUT2D eigenvalue weighted by Crippen LogP contribution is 2.32. The summed E-state index contributed by atoms with van der Waals surface area (Å²) < 4.78 is 57.2. The Bertz CT molecular complexity index is 546. The predicted molar refractivity (Wildman–Crippen MR) is 53.5 cm³/mol. The number of halogens is 4. The first-order chi connectivity index (χ1) is 9.15. The minimum absolute atomic E-state index is 0.104. The number of hydrogen-bond donors (Lipinski definition) is 0. The van der Waals surface area contributed by atoms with Crippen LogP contribution in [0.2, 0.25) is 0 Å². The van der Waals surface area contributed by atoms with Gasteiger partial charge in [0, 0.05) is 0 Å². The van der Waals surface area contributed by atoms with Gasteiger partial charge in [-0.3, -0.25) is 0 Å². The van der Waals surface area contributed by atoms with Crippen LogP contribution in [-0.2, 0) is 4.74 Å². The zero-order chi connectivity index (χ0) is 15.5. The maximum Gasteiger partial charge on any atom is 0.573 e. The molecular weight excluding hydrogens is 292 g/mol. The molecule has 110 valence electrons. The van der Waals surface area contributed by atoms with Gasteiger partial charge in [0.05, 0.1) is 12.7 Å². The highest BCUT2D eigenvalue weighted by Gasteiger charge is 2.38. The fourth-order valence-corrected chi connectivity index (χ4v) is 1.21. The molecule has 7 nitrogen and oxygen atoms in total. The number of carbonyl (C=O) groups excluding carboxylic acids is 1. The molecule has 20 heavy (non-hydrogen) atoms. The number of aromatic nitrogens is 1. The number of ether oxygens (including phenoxy) is 2. The van der Waals surface area contributed by atoms with Crippen LogP contribution in [0.25, 0.3) is 0 Å². The lowest BCUT2D eigenvalue weighted by Crippen LogP contribution is -2.21. The Morgan fingerprint density at radius 2 is 2.10 bits per heavy atom. The molecule has 1 aromatic heterocycles. The molecule has 0 amide bonds. The molecule has 0 saturated carbocycles. The molecule has 0 aliphatic carbocycles. The molecule has 0 unspecified atom stereocenters. The zero-order valence-corrected chi connectivity index (χ0v) is 9.73. The summed E-state index contributed by atoms with van der Waals surface area (Å²) in [5, 5.41) is 10.6. The van der Waals surface area contributed by atoms with Crippen molar-refractivity contribution in [1.29, 1.82) is 0 Å². The molecule has 0 fully saturated rings. The third-order valence-corrected chi connectivity index (χ3v) is 1.81. The van der Waals surface area contributed by atoms with E-state index in [1.807, 2.05) is 0 Å². The number of nitro groups is 1. The topological polar surface area (TPSA) is 91.6 Å². The van der Waals surface area contributed by atoms with E-state index < -0.39 is 40.3 Å². The number of esters is 1. The van der Waals surface area contributed by atoms with E-state index in [0.29, 0.717) is 0 Å². The van der Waals surface area contributed by atoms with Gasteiger partial charge in [-0.15, -0.1) is 13.2 Å². The second kappa shape index (κ2) is 5.67. The minimum atomic E-state index is -5.27. The monoisotopic (exact) mass is 298 g/mol. The summed E-state index contributed by atoms with van der Waals surface area (Å²) in [6.45, 7) is 1.06. The van der Waals surface area contributed by atoms with Crippen LogP contribution >= 0.6 is 0 Å². The van der Waals surface area contributed by atoms with E-state index in [2.05, 4.69) is 14.5 Å². The first-order valence-electron chi connectivity index (χ1n) is 4.93. The van der Waals surface area contributed by atoms with Gasteiger partial charge in [-0.1, -0.05) is 0 Å². The van der Waals surface area contributed by atoms with E-state index in [1.165, 1.54) is 6.92 Å². The Kier molecular flexibility index (Phi) is 4.42. The second-order valence-corrected chi connectivity index (χ2v) is 3.17. The third-order valence-electron chi connectivity index (χ3n) is 1.81. The van der Waals surface area contributed by atoms with Crippen molar-refractivity contribution in [2.75, 3.05) is 6.61 Å². The van der Waals surface area contributed by atoms with Gasteiger partial charge in [-0.25, -0.2) is 4.79 Å². The maximum atomic E-state index is 13.0. The van der Waals surface area contributed by atoms with Crippen LogP contribution in [0.1, 0.15) is 17.3 Å². The molecule has 0 radical (unpaired) electrons. The van der Waals surface area contributed by atoms with Crippen LogP contribution < -0.4 is 4.74 Å². The average Bonchev–Trinajstić information content (AvgIpc) is 2.25. The summed E-state index contributed by atoms with van der Waals surface area (Å²) in [6, 6.07) is 0.104. The highest BCUT2D eigenvalue weighted by molar-refractivity contribution is 5.96. The lowest BCUT2D eigenvalue weighted by atomic mass is 10.2. The van der Waals surface area contributed by atoms with Gasteiger partial charge in [-0.2, -0.15) is 4.39 Å². The number of hydrogen-bond acceptors (Lipinski definition) is 6. The zero-order valence-electron chi connectivity index (χ0n) is 9.73. The smallest absolute Gasteiger partial charge is 0.462 e. The number of nitrogens with zero attached hydrogens (tertiary/aromatic N) is 2. The molecule has 0 aliphatic rings. The van der Waals surface area contributed by atoms with Crippen molar-refractivity contribution in [3.63, 3.8) is 0 Å². The summed E-state index contributed by atoms with van der Waals surface area (Å²) in [5.41, 5.74) is -1.21. The molecule has 0 spiro atoms. The quantitative estimate of drug-likeness (QED) is 0.278. The van der Waals surface area contributed by atoms with Crippen molar-refractivity contribution in [3.8, 4) is 5.75 Å². The fraction of sp³-hybridized carbons (Fsp3) is 0.333. The standard InChI is InChI=1S/C9H6F4N2O5/c1-2-19-8(16)6-4(20-9(11,12)13)3-5(10)14-7(6)15(17)18/h3H,2H2,1H3. The van der Waals surface area contributed by atoms with Crippen LogP contribution in [0, 0.1) is 16.1 Å². The van der Waals surface area contributed by atoms with Gasteiger partial charge in [0.2, 0.25) is 0 Å². The molecule has 0 N–H and O–H groups in total. The maximum absolute atomic E-state index is 13.0. The van der Waals surface area contributed by atoms with Crippen molar-refractivity contribution in [2.24, 2.45) is 0 Å². The molecule has 0 aromatic carbocycles. The van der Waals surface area contributed by atoms with Crippen LogP contribution in [0.4, 0.5) is 23.4 Å². The van der Waals surface area contributed by atoms with Gasteiger partial charge in [0.15, 0.2) is 11.3 Å². The van der Waals surface area contributed by atoms with Crippen LogP contribution in [-0.4, -0.2) is 28.8 Å². The van der Waals surface area contributed by atoms with Crippen molar-refractivity contribution >= 4 is 11.8 Å². The van der Waals surface area contributed by atoms with E-state index in [4.69, 9.17) is 0 Å². The van der Waals surface area contributed by atoms with E-state index in [-0.39, 0.29) is 12.7 Å². The Hall–Kier alpha value is -2.46. The third kappa shape index (κ3) is 3.76. The van der Waals surface area contributed by atoms with Gasteiger partial charge in [0.1, 0.15) is 0 Å². The second-order valence-electron chi connectivity index (χ2n) is 3.17. The molecule has 0 bridgehead atoms. The number of alkyl halides is 3. The fourth-order valence-electron chi connectivity index (χ4n) is 1.21. The molecule has 1 rings (SSSR count). The summed E-state index contributed by atoms with van der Waals surface area (Å²) in [4.78, 5) is 23.5. The summed E-state index contributed by atoms with van der Waals surface area (Å²) in [7, 11) is 0. The van der Waals surface area contributed by atoms with Gasteiger partial charge < -0.3 is 19.6 Å². The SMILES string of the molecule is CCOC(=O)c1c(OC(F)(F)F)cc(F)nc1[N+](=O)[O-]. The Balaban J connectivity index is 3.47. The van der Waals surface area contributed by atoms with E-state index in [9.17, 15) is 32.5 Å². The van der Waals surface area contributed by atoms with Crippen molar-refractivity contribution in [2.45, 2.75) is 13.3 Å². The first-order valence-corrected chi connectivity index (χ1v) is 4.93. The molecule has 0 saturated heterocycles. The van der Waals surface area contributed by atoms with Crippen molar-refractivity contribution in [1.82, 2.24) is 4.98 Å². The predicted octanol–water partition coefficient (Wildman–Crippen LogP) is 2.20. The number of carbonyl (C=O) groups is 1. The molecule has 11 heteroatoms. The van der Waals surface area contributed by atoms with Gasteiger partial charge >= 0.3 is 24.1 Å². The van der Waals surface area contributed by atoms with Crippen LogP contribution in [0.5, 0.6) is 5.75 Å². The molecular formula is C9H6F4N2O5. The molecule has 0 atom stereocenters. The lowest BCUT2D eigenvalue weighted by Gasteiger charge is -2.11. The first kappa shape index (κ1) is 15.6. The minimum Gasteiger partial charge on any atom is -0.462 e. The highest BCUT2D eigenvalue weighted by atomic mass is 19.4. The van der Waals surface area contributed by atoms with E-state index in [1.54, 1.807) is 0 Å². The summed E-state index contributed by atoms with van der Waals surface area (Å²) in [6.07, 6.45) is -5.27.